The first kappa shape index (κ1) is 12.6. The third-order valence-corrected chi connectivity index (χ3v) is 2.86. The lowest BCUT2D eigenvalue weighted by molar-refractivity contribution is 0.121. The zero-order chi connectivity index (χ0) is 11.3. The number of hydrogen-bond acceptors (Lipinski definition) is 2. The van der Waals surface area contributed by atoms with Crippen LogP contribution in [0.15, 0.2) is 22.7 Å². The summed E-state index contributed by atoms with van der Waals surface area (Å²) >= 11 is 3.18. The second kappa shape index (κ2) is 6.20. The van der Waals surface area contributed by atoms with Crippen LogP contribution in [0, 0.1) is 5.82 Å². The van der Waals surface area contributed by atoms with Crippen molar-refractivity contribution < 1.29 is 9.13 Å². The average Bonchev–Trinajstić information content (AvgIpc) is 2.22. The largest absolute Gasteiger partial charge is 0.379 e. The minimum atomic E-state index is -0.293. The molecule has 0 aliphatic rings. The molecule has 0 aromatic heterocycles. The zero-order valence-electron chi connectivity index (χ0n) is 8.67. The summed E-state index contributed by atoms with van der Waals surface area (Å²) in [5, 5.41) is 0. The molecule has 4 heteroatoms. The Morgan fingerprint density at radius 2 is 2.27 bits per heavy atom. The SMILES string of the molecule is CCCOCC(N)c1cccc(F)c1Br. The second-order valence-electron chi connectivity index (χ2n) is 3.32. The predicted octanol–water partition coefficient (Wildman–Crippen LogP) is 3.01. The molecule has 0 aliphatic carbocycles. The number of ether oxygens (including phenoxy) is 1. The van der Waals surface area contributed by atoms with Gasteiger partial charge < -0.3 is 10.5 Å². The molecule has 0 bridgehead atoms. The summed E-state index contributed by atoms with van der Waals surface area (Å²) in [6.45, 7) is 3.13. The summed E-state index contributed by atoms with van der Waals surface area (Å²) in [6.07, 6.45) is 0.955. The van der Waals surface area contributed by atoms with E-state index in [4.69, 9.17) is 10.5 Å². The van der Waals surface area contributed by atoms with E-state index in [1.54, 1.807) is 12.1 Å². The maximum atomic E-state index is 13.2. The van der Waals surface area contributed by atoms with Gasteiger partial charge in [-0.1, -0.05) is 19.1 Å². The Morgan fingerprint density at radius 1 is 1.53 bits per heavy atom. The second-order valence-corrected chi connectivity index (χ2v) is 4.12. The van der Waals surface area contributed by atoms with Crippen molar-refractivity contribution in [1.82, 2.24) is 0 Å². The van der Waals surface area contributed by atoms with Gasteiger partial charge in [-0.2, -0.15) is 0 Å². The minimum absolute atomic E-state index is 0.290. The van der Waals surface area contributed by atoms with Crippen molar-refractivity contribution in [3.63, 3.8) is 0 Å². The van der Waals surface area contributed by atoms with E-state index in [2.05, 4.69) is 15.9 Å². The van der Waals surface area contributed by atoms with E-state index in [9.17, 15) is 4.39 Å². The van der Waals surface area contributed by atoms with Crippen LogP contribution in [-0.4, -0.2) is 13.2 Å². The lowest BCUT2D eigenvalue weighted by atomic mass is 10.1. The summed E-state index contributed by atoms with van der Waals surface area (Å²) in [5.74, 6) is -0.293. The molecule has 84 valence electrons. The van der Waals surface area contributed by atoms with Gasteiger partial charge in [0, 0.05) is 6.61 Å². The van der Waals surface area contributed by atoms with Crippen LogP contribution < -0.4 is 5.73 Å². The molecule has 15 heavy (non-hydrogen) atoms. The van der Waals surface area contributed by atoms with Gasteiger partial charge in [0.15, 0.2) is 0 Å². The Morgan fingerprint density at radius 3 is 2.93 bits per heavy atom. The molecule has 1 atom stereocenters. The summed E-state index contributed by atoms with van der Waals surface area (Å²) in [5.41, 5.74) is 6.63. The molecular formula is C11H15BrFNO. The third kappa shape index (κ3) is 3.55. The molecule has 0 heterocycles. The first-order valence-corrected chi connectivity index (χ1v) is 5.73. The minimum Gasteiger partial charge on any atom is -0.379 e. The normalized spacial score (nSPS) is 12.8. The van der Waals surface area contributed by atoms with Crippen LogP contribution in [0.2, 0.25) is 0 Å². The van der Waals surface area contributed by atoms with Crippen LogP contribution in [0.4, 0.5) is 4.39 Å². The molecule has 1 rings (SSSR count). The molecule has 2 N–H and O–H groups in total. The van der Waals surface area contributed by atoms with Crippen molar-refractivity contribution in [3.8, 4) is 0 Å². The van der Waals surface area contributed by atoms with E-state index in [0.717, 1.165) is 12.0 Å². The van der Waals surface area contributed by atoms with Crippen LogP contribution in [-0.2, 0) is 4.74 Å². The smallest absolute Gasteiger partial charge is 0.137 e. The van der Waals surface area contributed by atoms with Gasteiger partial charge in [-0.15, -0.1) is 0 Å². The van der Waals surface area contributed by atoms with Crippen molar-refractivity contribution in [1.29, 1.82) is 0 Å². The van der Waals surface area contributed by atoms with Crippen LogP contribution >= 0.6 is 15.9 Å². The lowest BCUT2D eigenvalue weighted by Gasteiger charge is -2.14. The first-order valence-electron chi connectivity index (χ1n) is 4.94. The number of hydrogen-bond donors (Lipinski definition) is 1. The molecule has 1 unspecified atom stereocenters. The monoisotopic (exact) mass is 275 g/mol. The van der Waals surface area contributed by atoms with E-state index in [1.807, 2.05) is 6.92 Å². The van der Waals surface area contributed by atoms with Gasteiger partial charge in [0.05, 0.1) is 17.1 Å². The van der Waals surface area contributed by atoms with E-state index in [-0.39, 0.29) is 11.9 Å². The van der Waals surface area contributed by atoms with Crippen molar-refractivity contribution in [3.05, 3.63) is 34.1 Å². The van der Waals surface area contributed by atoms with Crippen molar-refractivity contribution in [2.24, 2.45) is 5.73 Å². The highest BCUT2D eigenvalue weighted by atomic mass is 79.9. The fourth-order valence-electron chi connectivity index (χ4n) is 1.25. The highest BCUT2D eigenvalue weighted by Crippen LogP contribution is 2.24. The molecule has 0 spiro atoms. The van der Waals surface area contributed by atoms with Gasteiger partial charge in [0.1, 0.15) is 5.82 Å². The number of rotatable bonds is 5. The van der Waals surface area contributed by atoms with Crippen molar-refractivity contribution >= 4 is 15.9 Å². The summed E-state index contributed by atoms with van der Waals surface area (Å²) in [4.78, 5) is 0. The molecule has 1 aromatic rings. The number of benzene rings is 1. The molecule has 0 radical (unpaired) electrons. The fraction of sp³-hybridized carbons (Fsp3) is 0.455. The highest BCUT2D eigenvalue weighted by molar-refractivity contribution is 9.10. The summed E-state index contributed by atoms with van der Waals surface area (Å²) in [7, 11) is 0. The molecule has 0 aliphatic heterocycles. The third-order valence-electron chi connectivity index (χ3n) is 2.03. The average molecular weight is 276 g/mol. The molecule has 2 nitrogen and oxygen atoms in total. The van der Waals surface area contributed by atoms with E-state index < -0.39 is 0 Å². The van der Waals surface area contributed by atoms with Crippen LogP contribution in [0.1, 0.15) is 24.9 Å². The van der Waals surface area contributed by atoms with Crippen LogP contribution in [0.5, 0.6) is 0 Å². The van der Waals surface area contributed by atoms with E-state index in [0.29, 0.717) is 17.7 Å². The van der Waals surface area contributed by atoms with Gasteiger partial charge in [-0.05, 0) is 34.0 Å². The fourth-order valence-corrected chi connectivity index (χ4v) is 1.81. The Hall–Kier alpha value is -0.450. The molecule has 0 saturated carbocycles. The van der Waals surface area contributed by atoms with Crippen LogP contribution in [0.25, 0.3) is 0 Å². The van der Waals surface area contributed by atoms with Gasteiger partial charge >= 0.3 is 0 Å². The predicted molar refractivity (Wildman–Crippen MR) is 62.1 cm³/mol. The summed E-state index contributed by atoms with van der Waals surface area (Å²) < 4.78 is 18.9. The Balaban J connectivity index is 2.65. The number of halogens is 2. The van der Waals surface area contributed by atoms with Crippen molar-refractivity contribution in [2.45, 2.75) is 19.4 Å². The van der Waals surface area contributed by atoms with Gasteiger partial charge in [-0.3, -0.25) is 0 Å². The number of nitrogens with two attached hydrogens (primary N) is 1. The maximum Gasteiger partial charge on any atom is 0.137 e. The van der Waals surface area contributed by atoms with Crippen molar-refractivity contribution in [2.75, 3.05) is 13.2 Å². The maximum absolute atomic E-state index is 13.2. The zero-order valence-corrected chi connectivity index (χ0v) is 10.3. The molecule has 0 saturated heterocycles. The Bertz CT molecular complexity index is 319. The summed E-state index contributed by atoms with van der Waals surface area (Å²) in [6, 6.07) is 4.55. The van der Waals surface area contributed by atoms with E-state index >= 15 is 0 Å². The molecule has 1 aromatic carbocycles. The van der Waals surface area contributed by atoms with Gasteiger partial charge in [0.2, 0.25) is 0 Å². The lowest BCUT2D eigenvalue weighted by Crippen LogP contribution is -2.18. The Labute approximate surface area is 97.7 Å². The molecular weight excluding hydrogens is 261 g/mol. The molecule has 0 amide bonds. The van der Waals surface area contributed by atoms with Gasteiger partial charge in [-0.25, -0.2) is 4.39 Å². The quantitative estimate of drug-likeness (QED) is 0.839. The van der Waals surface area contributed by atoms with Crippen LogP contribution in [0.3, 0.4) is 0 Å². The van der Waals surface area contributed by atoms with Gasteiger partial charge in [0.25, 0.3) is 0 Å². The standard InChI is InChI=1S/C11H15BrFNO/c1-2-6-15-7-10(14)8-4-3-5-9(13)11(8)12/h3-5,10H,2,6-7,14H2,1H3. The molecule has 0 fully saturated rings. The first-order chi connectivity index (χ1) is 7.16. The van der Waals surface area contributed by atoms with E-state index in [1.165, 1.54) is 6.07 Å². The Kier molecular flexibility index (Phi) is 5.22. The topological polar surface area (TPSA) is 35.2 Å². The highest BCUT2D eigenvalue weighted by Gasteiger charge is 2.12.